The topological polar surface area (TPSA) is 84.4 Å². The van der Waals surface area contributed by atoms with Gasteiger partial charge in [-0.2, -0.15) is 0 Å². The molecule has 1 saturated heterocycles. The third-order valence-electron chi connectivity index (χ3n) is 5.39. The summed E-state index contributed by atoms with van der Waals surface area (Å²) in [7, 11) is 0. The van der Waals surface area contributed by atoms with Crippen LogP contribution in [0, 0.1) is 0 Å². The lowest BCUT2D eigenvalue weighted by atomic mass is 10.1. The van der Waals surface area contributed by atoms with E-state index in [1.807, 2.05) is 22.4 Å². The van der Waals surface area contributed by atoms with Crippen molar-refractivity contribution in [1.82, 2.24) is 19.6 Å². The zero-order chi connectivity index (χ0) is 22.5. The number of aromatic nitrogens is 2. The number of carbonyl (C=O) groups excluding carboxylic acids is 2. The molecule has 0 unspecified atom stereocenters. The molecule has 2 aromatic heterocycles. The second-order valence-electron chi connectivity index (χ2n) is 7.61. The lowest BCUT2D eigenvalue weighted by Crippen LogP contribution is -2.40. The van der Waals surface area contributed by atoms with Crippen LogP contribution < -0.4 is 10.1 Å². The molecule has 1 aliphatic rings. The third-order valence-corrected chi connectivity index (χ3v) is 6.23. The van der Waals surface area contributed by atoms with Crippen LogP contribution in [0.3, 0.4) is 0 Å². The number of ether oxygens (including phenoxy) is 1. The summed E-state index contributed by atoms with van der Waals surface area (Å²) >= 11 is 7.26. The molecule has 7 nitrogen and oxygen atoms in total. The van der Waals surface area contributed by atoms with Crippen LogP contribution in [-0.4, -0.2) is 45.3 Å². The van der Waals surface area contributed by atoms with Crippen molar-refractivity contribution < 1.29 is 14.3 Å². The number of pyridine rings is 1. The lowest BCUT2D eigenvalue weighted by Gasteiger charge is -2.31. The highest BCUT2D eigenvalue weighted by molar-refractivity contribution is 7.03. The Morgan fingerprint density at radius 3 is 2.62 bits per heavy atom. The van der Waals surface area contributed by atoms with Gasteiger partial charge in [0.1, 0.15) is 17.5 Å². The van der Waals surface area contributed by atoms with Gasteiger partial charge < -0.3 is 15.0 Å². The van der Waals surface area contributed by atoms with Gasteiger partial charge in [-0.1, -0.05) is 23.7 Å². The van der Waals surface area contributed by atoms with Crippen molar-refractivity contribution in [3.8, 4) is 16.9 Å². The Hall–Kier alpha value is -2.97. The summed E-state index contributed by atoms with van der Waals surface area (Å²) in [6, 6.07) is 8.99. The quantitative estimate of drug-likeness (QED) is 0.584. The first kappa shape index (κ1) is 22.2. The van der Waals surface area contributed by atoms with Crippen LogP contribution in [0.25, 0.3) is 11.1 Å². The molecule has 1 aromatic carbocycles. The highest BCUT2D eigenvalue weighted by atomic mass is 35.5. The Morgan fingerprint density at radius 2 is 1.97 bits per heavy atom. The summed E-state index contributed by atoms with van der Waals surface area (Å²) in [5.41, 5.74) is 2.91. The molecular formula is C23H23ClN4O3S. The summed E-state index contributed by atoms with van der Waals surface area (Å²) in [5, 5.41) is 5.45. The number of halogens is 1. The Kier molecular flexibility index (Phi) is 7.02. The number of amides is 2. The lowest BCUT2D eigenvalue weighted by molar-refractivity contribution is -0.130. The van der Waals surface area contributed by atoms with Crippen LogP contribution in [0.4, 0.5) is 0 Å². The number of nitrogens with one attached hydrogen (secondary N) is 1. The first-order chi connectivity index (χ1) is 15.5. The highest BCUT2D eigenvalue weighted by Crippen LogP contribution is 2.32. The molecule has 1 N–H and O–H groups in total. The Labute approximate surface area is 195 Å². The van der Waals surface area contributed by atoms with Gasteiger partial charge >= 0.3 is 0 Å². The molecule has 4 rings (SSSR count). The van der Waals surface area contributed by atoms with Crippen molar-refractivity contribution in [2.45, 2.75) is 32.4 Å². The fourth-order valence-corrected chi connectivity index (χ4v) is 4.22. The third kappa shape index (κ3) is 5.44. The van der Waals surface area contributed by atoms with Gasteiger partial charge in [-0.25, -0.2) is 4.37 Å². The van der Waals surface area contributed by atoms with E-state index in [0.29, 0.717) is 30.4 Å². The fraction of sp³-hybridized carbons (Fsp3) is 0.304. The fourth-order valence-electron chi connectivity index (χ4n) is 3.56. The number of piperidine rings is 1. The van der Waals surface area contributed by atoms with E-state index in [2.05, 4.69) is 14.7 Å². The minimum Gasteiger partial charge on any atom is -0.490 e. The Balaban J connectivity index is 1.50. The molecule has 0 radical (unpaired) electrons. The van der Waals surface area contributed by atoms with Gasteiger partial charge in [-0.3, -0.25) is 14.6 Å². The number of hydrogen-bond acceptors (Lipinski definition) is 6. The second kappa shape index (κ2) is 10.1. The zero-order valence-electron chi connectivity index (χ0n) is 17.6. The van der Waals surface area contributed by atoms with Crippen molar-refractivity contribution in [2.75, 3.05) is 13.1 Å². The van der Waals surface area contributed by atoms with Crippen molar-refractivity contribution in [3.63, 3.8) is 0 Å². The van der Waals surface area contributed by atoms with Gasteiger partial charge in [0, 0.05) is 79.4 Å². The number of carbonyl (C=O) groups is 2. The Morgan fingerprint density at radius 1 is 1.22 bits per heavy atom. The predicted molar refractivity (Wildman–Crippen MR) is 124 cm³/mol. The molecule has 0 bridgehead atoms. The standard InChI is InChI=1S/C23H23ClN4O3S/c1-15(29)28-8-6-19(7-9-28)31-22-10-21(25-13-20(22)17-12-27-32-14-17)23(30)26-11-16-2-4-18(24)5-3-16/h2-5,10,12-14,19H,6-9,11H2,1H3,(H,26,30). The summed E-state index contributed by atoms with van der Waals surface area (Å²) in [4.78, 5) is 30.5. The van der Waals surface area contributed by atoms with Gasteiger partial charge in [-0.05, 0) is 29.2 Å². The van der Waals surface area contributed by atoms with E-state index in [1.165, 1.54) is 11.5 Å². The second-order valence-corrected chi connectivity index (χ2v) is 8.71. The average molecular weight is 471 g/mol. The number of nitrogens with zero attached hydrogens (tertiary/aromatic N) is 3. The van der Waals surface area contributed by atoms with E-state index in [9.17, 15) is 9.59 Å². The smallest absolute Gasteiger partial charge is 0.270 e. The first-order valence-corrected chi connectivity index (χ1v) is 11.6. The van der Waals surface area contributed by atoms with E-state index >= 15 is 0 Å². The number of likely N-dealkylation sites (tertiary alicyclic amines) is 1. The number of benzene rings is 1. The number of hydrogen-bond donors (Lipinski definition) is 1. The molecule has 0 spiro atoms. The van der Waals surface area contributed by atoms with E-state index < -0.39 is 0 Å². The van der Waals surface area contributed by atoms with E-state index in [4.69, 9.17) is 16.3 Å². The highest BCUT2D eigenvalue weighted by Gasteiger charge is 2.24. The monoisotopic (exact) mass is 470 g/mol. The molecule has 1 aliphatic heterocycles. The van der Waals surface area contributed by atoms with Gasteiger partial charge in [-0.15, -0.1) is 0 Å². The van der Waals surface area contributed by atoms with E-state index in [-0.39, 0.29) is 23.6 Å². The van der Waals surface area contributed by atoms with Gasteiger partial charge in [0.25, 0.3) is 5.91 Å². The largest absolute Gasteiger partial charge is 0.490 e. The van der Waals surface area contributed by atoms with E-state index in [0.717, 1.165) is 29.5 Å². The first-order valence-electron chi connectivity index (χ1n) is 10.3. The van der Waals surface area contributed by atoms with Gasteiger partial charge in [0.05, 0.1) is 0 Å². The van der Waals surface area contributed by atoms with Crippen LogP contribution in [0.2, 0.25) is 5.02 Å². The van der Waals surface area contributed by atoms with Crippen LogP contribution in [0.5, 0.6) is 5.75 Å². The van der Waals surface area contributed by atoms with E-state index in [1.54, 1.807) is 37.5 Å². The molecule has 0 aliphatic carbocycles. The molecule has 3 aromatic rings. The Bertz CT molecular complexity index is 1080. The summed E-state index contributed by atoms with van der Waals surface area (Å²) < 4.78 is 10.5. The SMILES string of the molecule is CC(=O)N1CCC(Oc2cc(C(=O)NCc3ccc(Cl)cc3)ncc2-c2cnsc2)CC1. The molecular weight excluding hydrogens is 448 g/mol. The van der Waals surface area contributed by atoms with Gasteiger partial charge in [0.15, 0.2) is 0 Å². The van der Waals surface area contributed by atoms with Crippen LogP contribution in [0.15, 0.2) is 48.1 Å². The summed E-state index contributed by atoms with van der Waals surface area (Å²) in [5.74, 6) is 0.390. The summed E-state index contributed by atoms with van der Waals surface area (Å²) in [6.45, 7) is 3.28. The molecule has 166 valence electrons. The minimum atomic E-state index is -0.286. The molecule has 0 saturated carbocycles. The molecule has 2 amide bonds. The van der Waals surface area contributed by atoms with Crippen LogP contribution in [0.1, 0.15) is 35.8 Å². The molecule has 3 heterocycles. The van der Waals surface area contributed by atoms with Crippen molar-refractivity contribution in [3.05, 3.63) is 64.4 Å². The maximum atomic E-state index is 12.7. The average Bonchev–Trinajstić information content (AvgIpc) is 3.33. The van der Waals surface area contributed by atoms with Crippen molar-refractivity contribution >= 4 is 34.9 Å². The minimum absolute atomic E-state index is 0.0386. The molecule has 1 fully saturated rings. The predicted octanol–water partition coefficient (Wildman–Crippen LogP) is 4.18. The molecule has 32 heavy (non-hydrogen) atoms. The maximum Gasteiger partial charge on any atom is 0.270 e. The van der Waals surface area contributed by atoms with Crippen molar-refractivity contribution in [2.24, 2.45) is 0 Å². The van der Waals surface area contributed by atoms with Crippen molar-refractivity contribution in [1.29, 1.82) is 0 Å². The summed E-state index contributed by atoms with van der Waals surface area (Å²) in [6.07, 6.45) is 4.85. The maximum absolute atomic E-state index is 12.7. The van der Waals surface area contributed by atoms with Gasteiger partial charge in [0.2, 0.25) is 5.91 Å². The number of rotatable bonds is 6. The zero-order valence-corrected chi connectivity index (χ0v) is 19.2. The molecule has 9 heteroatoms. The molecule has 0 atom stereocenters. The normalized spacial score (nSPS) is 14.2. The van der Waals surface area contributed by atoms with Crippen LogP contribution in [-0.2, 0) is 11.3 Å². The van der Waals surface area contributed by atoms with Crippen LogP contribution >= 0.6 is 23.1 Å².